The molecule has 2 aromatic rings. The first-order valence-corrected chi connectivity index (χ1v) is 6.93. The van der Waals surface area contributed by atoms with Crippen molar-refractivity contribution in [2.45, 2.75) is 0 Å². The summed E-state index contributed by atoms with van der Waals surface area (Å²) in [5, 5.41) is 18.6. The van der Waals surface area contributed by atoms with Gasteiger partial charge in [-0.05, 0) is 80.6 Å². The molecule has 0 heterocycles. The highest BCUT2D eigenvalue weighted by atomic mass is 127. The Bertz CT molecular complexity index is 607. The van der Waals surface area contributed by atoms with Crippen molar-refractivity contribution in [3.8, 4) is 22.6 Å². The Kier molecular flexibility index (Phi) is 3.95. The summed E-state index contributed by atoms with van der Waals surface area (Å²) >= 11 is 3.94. The summed E-state index contributed by atoms with van der Waals surface area (Å²) in [7, 11) is 0. The second kappa shape index (κ2) is 5.16. The molecule has 2 N–H and O–H groups in total. The van der Waals surface area contributed by atoms with E-state index in [1.54, 1.807) is 6.07 Å². The fourth-order valence-electron chi connectivity index (χ4n) is 1.48. The zero-order valence-corrected chi connectivity index (χ0v) is 13.0. The zero-order valence-electron chi connectivity index (χ0n) is 8.72. The van der Waals surface area contributed by atoms with Crippen LogP contribution in [0.2, 0.25) is 0 Å². The Morgan fingerprint density at radius 1 is 0.889 bits per heavy atom. The van der Waals surface area contributed by atoms with Gasteiger partial charge >= 0.3 is 0 Å². The molecular weight excluding hydrogens is 468 g/mol. The minimum atomic E-state index is -1.01. The van der Waals surface area contributed by atoms with Crippen LogP contribution in [0, 0.1) is 18.8 Å². The summed E-state index contributed by atoms with van der Waals surface area (Å²) in [6.07, 6.45) is 0. The lowest BCUT2D eigenvalue weighted by Gasteiger charge is -2.09. The number of halogens is 4. The van der Waals surface area contributed by atoms with E-state index >= 15 is 0 Å². The molecule has 0 unspecified atom stereocenters. The molecule has 0 fully saturated rings. The highest BCUT2D eigenvalue weighted by Gasteiger charge is 2.14. The van der Waals surface area contributed by atoms with Crippen molar-refractivity contribution in [3.05, 3.63) is 43.0 Å². The SMILES string of the molecule is Oc1ccc(-c2cc(F)c(O)c(F)c2)c(I)c1I. The summed E-state index contributed by atoms with van der Waals surface area (Å²) in [6.45, 7) is 0. The van der Waals surface area contributed by atoms with Crippen molar-refractivity contribution < 1.29 is 19.0 Å². The molecule has 0 aliphatic heterocycles. The van der Waals surface area contributed by atoms with Crippen molar-refractivity contribution in [2.75, 3.05) is 0 Å². The number of hydrogen-bond donors (Lipinski definition) is 2. The van der Waals surface area contributed by atoms with E-state index in [0.29, 0.717) is 18.3 Å². The summed E-state index contributed by atoms with van der Waals surface area (Å²) in [6, 6.07) is 5.15. The largest absolute Gasteiger partial charge is 0.507 e. The molecule has 2 aromatic carbocycles. The van der Waals surface area contributed by atoms with Crippen LogP contribution in [-0.4, -0.2) is 10.2 Å². The van der Waals surface area contributed by atoms with E-state index < -0.39 is 17.4 Å². The van der Waals surface area contributed by atoms with E-state index in [0.717, 1.165) is 12.1 Å². The van der Waals surface area contributed by atoms with E-state index in [1.165, 1.54) is 6.07 Å². The lowest BCUT2D eigenvalue weighted by Crippen LogP contribution is -1.91. The van der Waals surface area contributed by atoms with Gasteiger partial charge in [0.2, 0.25) is 0 Å². The zero-order chi connectivity index (χ0) is 13.4. The van der Waals surface area contributed by atoms with Crippen molar-refractivity contribution in [3.63, 3.8) is 0 Å². The van der Waals surface area contributed by atoms with Crippen LogP contribution in [0.15, 0.2) is 24.3 Å². The molecular formula is C12H6F2I2O2. The quantitative estimate of drug-likeness (QED) is 0.608. The van der Waals surface area contributed by atoms with Gasteiger partial charge in [0.1, 0.15) is 5.75 Å². The maximum atomic E-state index is 13.3. The number of rotatable bonds is 1. The Morgan fingerprint density at radius 2 is 1.44 bits per heavy atom. The van der Waals surface area contributed by atoms with Gasteiger partial charge in [0.05, 0.1) is 3.57 Å². The van der Waals surface area contributed by atoms with Gasteiger partial charge in [-0.25, -0.2) is 8.78 Å². The number of phenols is 2. The fourth-order valence-corrected chi connectivity index (χ4v) is 2.72. The van der Waals surface area contributed by atoms with Gasteiger partial charge in [0, 0.05) is 3.57 Å². The molecule has 94 valence electrons. The molecule has 0 saturated heterocycles. The summed E-state index contributed by atoms with van der Waals surface area (Å²) in [5.41, 5.74) is 0.903. The summed E-state index contributed by atoms with van der Waals surface area (Å²) in [4.78, 5) is 0. The fraction of sp³-hybridized carbons (Fsp3) is 0. The van der Waals surface area contributed by atoms with Gasteiger partial charge in [-0.3, -0.25) is 0 Å². The van der Waals surface area contributed by atoms with Crippen LogP contribution in [0.4, 0.5) is 8.78 Å². The molecule has 0 bridgehead atoms. The van der Waals surface area contributed by atoms with Gasteiger partial charge < -0.3 is 10.2 Å². The summed E-state index contributed by atoms with van der Waals surface area (Å²) in [5.74, 6) is -2.89. The first kappa shape index (κ1) is 13.8. The highest BCUT2D eigenvalue weighted by Crippen LogP contribution is 2.35. The molecule has 6 heteroatoms. The minimum absolute atomic E-state index is 0.114. The molecule has 0 atom stereocenters. The molecule has 0 saturated carbocycles. The number of benzene rings is 2. The van der Waals surface area contributed by atoms with E-state index in [-0.39, 0.29) is 5.75 Å². The van der Waals surface area contributed by atoms with E-state index in [9.17, 15) is 13.9 Å². The first-order chi connectivity index (χ1) is 8.41. The second-order valence-electron chi connectivity index (χ2n) is 3.55. The summed E-state index contributed by atoms with van der Waals surface area (Å²) < 4.78 is 27.9. The molecule has 18 heavy (non-hydrogen) atoms. The van der Waals surface area contributed by atoms with Crippen LogP contribution in [0.3, 0.4) is 0 Å². The van der Waals surface area contributed by atoms with Crippen molar-refractivity contribution in [1.82, 2.24) is 0 Å². The van der Waals surface area contributed by atoms with Gasteiger partial charge in [-0.2, -0.15) is 0 Å². The Balaban J connectivity index is 2.67. The van der Waals surface area contributed by atoms with Gasteiger partial charge in [-0.15, -0.1) is 0 Å². The molecule has 0 radical (unpaired) electrons. The maximum Gasteiger partial charge on any atom is 0.187 e. The number of aromatic hydroxyl groups is 2. The minimum Gasteiger partial charge on any atom is -0.507 e. The average Bonchev–Trinajstić information content (AvgIpc) is 2.33. The molecule has 0 aliphatic rings. The Hall–Kier alpha value is -0.640. The van der Waals surface area contributed by atoms with Crippen molar-refractivity contribution in [1.29, 1.82) is 0 Å². The average molecular weight is 474 g/mol. The number of hydrogen-bond acceptors (Lipinski definition) is 2. The molecule has 0 spiro atoms. The van der Waals surface area contributed by atoms with E-state index in [4.69, 9.17) is 5.11 Å². The third-order valence-corrected chi connectivity index (χ3v) is 5.63. The lowest BCUT2D eigenvalue weighted by atomic mass is 10.0. The predicted octanol–water partition coefficient (Wildman–Crippen LogP) is 4.25. The monoisotopic (exact) mass is 474 g/mol. The van der Waals surface area contributed by atoms with Crippen molar-refractivity contribution >= 4 is 45.2 Å². The lowest BCUT2D eigenvalue weighted by molar-refractivity contribution is 0.396. The molecule has 0 amide bonds. The maximum absolute atomic E-state index is 13.3. The standard InChI is InChI=1S/C12H6F2I2O2/c13-7-3-5(4-8(14)12(7)18)6-1-2-9(17)11(16)10(6)15/h1-4,17-18H. The topological polar surface area (TPSA) is 40.5 Å². The molecule has 0 aromatic heterocycles. The Labute approximate surface area is 129 Å². The van der Waals surface area contributed by atoms with E-state index in [1.807, 2.05) is 45.2 Å². The van der Waals surface area contributed by atoms with Crippen LogP contribution < -0.4 is 0 Å². The second-order valence-corrected chi connectivity index (χ2v) is 5.71. The molecule has 2 rings (SSSR count). The first-order valence-electron chi connectivity index (χ1n) is 4.77. The third-order valence-electron chi connectivity index (χ3n) is 2.39. The van der Waals surface area contributed by atoms with Gasteiger partial charge in [0.25, 0.3) is 0 Å². The molecule has 0 aliphatic carbocycles. The van der Waals surface area contributed by atoms with Crippen LogP contribution in [0.5, 0.6) is 11.5 Å². The van der Waals surface area contributed by atoms with Crippen LogP contribution in [0.1, 0.15) is 0 Å². The number of phenolic OH excluding ortho intramolecular Hbond substituents is 2. The van der Waals surface area contributed by atoms with Crippen LogP contribution >= 0.6 is 45.2 Å². The predicted molar refractivity (Wildman–Crippen MR) is 80.6 cm³/mol. The van der Waals surface area contributed by atoms with Gasteiger partial charge in [0.15, 0.2) is 17.4 Å². The highest BCUT2D eigenvalue weighted by molar-refractivity contribution is 14.1. The Morgan fingerprint density at radius 3 is 2.00 bits per heavy atom. The van der Waals surface area contributed by atoms with E-state index in [2.05, 4.69) is 0 Å². The van der Waals surface area contributed by atoms with Crippen LogP contribution in [0.25, 0.3) is 11.1 Å². The van der Waals surface area contributed by atoms with Crippen molar-refractivity contribution in [2.24, 2.45) is 0 Å². The smallest absolute Gasteiger partial charge is 0.187 e. The third kappa shape index (κ3) is 2.40. The normalized spacial score (nSPS) is 10.7. The van der Waals surface area contributed by atoms with Crippen LogP contribution in [-0.2, 0) is 0 Å². The molecule has 2 nitrogen and oxygen atoms in total. The van der Waals surface area contributed by atoms with Gasteiger partial charge in [-0.1, -0.05) is 0 Å².